The summed E-state index contributed by atoms with van der Waals surface area (Å²) in [5, 5.41) is 10.1. The fraction of sp³-hybridized carbons (Fsp3) is 0. The van der Waals surface area contributed by atoms with Gasteiger partial charge in [0.2, 0.25) is 4.67 Å². The highest BCUT2D eigenvalue weighted by Gasteiger charge is 2.08. The van der Waals surface area contributed by atoms with E-state index in [0.29, 0.717) is 10.3 Å². The average molecular weight is 213 g/mol. The van der Waals surface area contributed by atoms with Crippen molar-refractivity contribution in [1.29, 1.82) is 0 Å². The maximum Gasteiger partial charge on any atom is 0.212 e. The van der Waals surface area contributed by atoms with Gasteiger partial charge in [0, 0.05) is 0 Å². The highest BCUT2D eigenvalue weighted by molar-refractivity contribution is 9.10. The number of para-hydroxylation sites is 1. The first-order valence-electron chi connectivity index (χ1n) is 3.15. The fourth-order valence-corrected chi connectivity index (χ4v) is 1.39. The predicted molar refractivity (Wildman–Crippen MR) is 45.6 cm³/mol. The van der Waals surface area contributed by atoms with Crippen LogP contribution in [0.15, 0.2) is 33.4 Å². The largest absolute Gasteiger partial charge is 0.503 e. The second-order valence-electron chi connectivity index (χ2n) is 2.22. The Morgan fingerprint density at radius 3 is 2.73 bits per heavy atom. The Morgan fingerprint density at radius 2 is 2.00 bits per heavy atom. The van der Waals surface area contributed by atoms with E-state index in [2.05, 4.69) is 15.9 Å². The van der Waals surface area contributed by atoms with E-state index < -0.39 is 0 Å². The summed E-state index contributed by atoms with van der Waals surface area (Å²) in [4.78, 5) is 0. The molecule has 0 aliphatic carbocycles. The second kappa shape index (κ2) is 2.27. The van der Waals surface area contributed by atoms with Crippen LogP contribution in [0.25, 0.3) is 11.0 Å². The lowest BCUT2D eigenvalue weighted by Gasteiger charge is -1.84. The lowest BCUT2D eigenvalue weighted by molar-refractivity contribution is 0.453. The highest BCUT2D eigenvalue weighted by Crippen LogP contribution is 2.35. The Balaban J connectivity index is 2.92. The monoisotopic (exact) mass is 212 g/mol. The molecule has 1 heterocycles. The van der Waals surface area contributed by atoms with Crippen LogP contribution in [0.4, 0.5) is 0 Å². The quantitative estimate of drug-likeness (QED) is 0.729. The molecule has 1 aromatic carbocycles. The summed E-state index contributed by atoms with van der Waals surface area (Å²) in [7, 11) is 0. The van der Waals surface area contributed by atoms with Crippen LogP contribution in [0.3, 0.4) is 0 Å². The molecule has 2 rings (SSSR count). The molecule has 0 saturated heterocycles. The highest BCUT2D eigenvalue weighted by atomic mass is 79.9. The summed E-state index contributed by atoms with van der Waals surface area (Å²) >= 11 is 3.09. The molecule has 0 aliphatic heterocycles. The zero-order chi connectivity index (χ0) is 7.84. The molecule has 0 spiro atoms. The number of benzene rings is 1. The minimum absolute atomic E-state index is 0.167. The number of halogens is 1. The van der Waals surface area contributed by atoms with E-state index in [1.807, 2.05) is 12.1 Å². The van der Waals surface area contributed by atoms with Gasteiger partial charge in [-0.25, -0.2) is 0 Å². The first-order valence-corrected chi connectivity index (χ1v) is 3.94. The van der Waals surface area contributed by atoms with Crippen molar-refractivity contribution < 1.29 is 9.52 Å². The van der Waals surface area contributed by atoms with Gasteiger partial charge in [0.1, 0.15) is 5.58 Å². The van der Waals surface area contributed by atoms with Gasteiger partial charge in [0.15, 0.2) is 5.75 Å². The van der Waals surface area contributed by atoms with E-state index in [4.69, 9.17) is 4.42 Å². The summed E-state index contributed by atoms with van der Waals surface area (Å²) in [6, 6.07) is 7.32. The Morgan fingerprint density at radius 1 is 1.27 bits per heavy atom. The Bertz CT molecular complexity index is 392. The van der Waals surface area contributed by atoms with Crippen molar-refractivity contribution >= 4 is 26.9 Å². The molecule has 1 aromatic heterocycles. The Kier molecular flexibility index (Phi) is 1.39. The first kappa shape index (κ1) is 6.73. The summed E-state index contributed by atoms with van der Waals surface area (Å²) in [5.41, 5.74) is 0.692. The molecule has 56 valence electrons. The van der Waals surface area contributed by atoms with Crippen molar-refractivity contribution in [3.8, 4) is 5.75 Å². The molecule has 0 unspecified atom stereocenters. The standard InChI is InChI=1S/C8H5BrO2/c9-8-7(10)5-3-1-2-4-6(5)11-8/h1-4,10H. The zero-order valence-electron chi connectivity index (χ0n) is 5.54. The van der Waals surface area contributed by atoms with Gasteiger partial charge in [0.05, 0.1) is 5.39 Å². The number of fused-ring (bicyclic) bond motifs is 1. The van der Waals surface area contributed by atoms with Crippen LogP contribution in [0.5, 0.6) is 5.75 Å². The van der Waals surface area contributed by atoms with Gasteiger partial charge in [-0.1, -0.05) is 12.1 Å². The van der Waals surface area contributed by atoms with Crippen molar-refractivity contribution in [2.24, 2.45) is 0 Å². The van der Waals surface area contributed by atoms with Crippen LogP contribution in [0.2, 0.25) is 0 Å². The van der Waals surface area contributed by atoms with E-state index in [1.165, 1.54) is 0 Å². The topological polar surface area (TPSA) is 33.4 Å². The van der Waals surface area contributed by atoms with Crippen molar-refractivity contribution in [1.82, 2.24) is 0 Å². The number of hydrogen-bond donors (Lipinski definition) is 1. The van der Waals surface area contributed by atoms with Crippen molar-refractivity contribution in [2.75, 3.05) is 0 Å². The van der Waals surface area contributed by atoms with E-state index in [9.17, 15) is 5.11 Å². The van der Waals surface area contributed by atoms with Crippen LogP contribution in [-0.4, -0.2) is 5.11 Å². The van der Waals surface area contributed by atoms with E-state index >= 15 is 0 Å². The average Bonchev–Trinajstić information content (AvgIpc) is 2.30. The molecule has 0 fully saturated rings. The summed E-state index contributed by atoms with van der Waals surface area (Å²) in [6.07, 6.45) is 0. The van der Waals surface area contributed by atoms with E-state index in [1.54, 1.807) is 12.1 Å². The first-order chi connectivity index (χ1) is 5.29. The number of rotatable bonds is 0. The van der Waals surface area contributed by atoms with Crippen LogP contribution in [0.1, 0.15) is 0 Å². The summed E-state index contributed by atoms with van der Waals surface area (Å²) in [5.74, 6) is 0.167. The molecule has 0 radical (unpaired) electrons. The lowest BCUT2D eigenvalue weighted by Crippen LogP contribution is -1.60. The number of aromatic hydroxyl groups is 1. The SMILES string of the molecule is Oc1c(Br)oc2ccccc12. The van der Waals surface area contributed by atoms with Gasteiger partial charge >= 0.3 is 0 Å². The molecule has 0 bridgehead atoms. The molecule has 0 saturated carbocycles. The van der Waals surface area contributed by atoms with Gasteiger partial charge in [-0.3, -0.25) is 0 Å². The zero-order valence-corrected chi connectivity index (χ0v) is 7.13. The van der Waals surface area contributed by atoms with E-state index in [-0.39, 0.29) is 5.75 Å². The maximum absolute atomic E-state index is 9.36. The van der Waals surface area contributed by atoms with Gasteiger partial charge in [0.25, 0.3) is 0 Å². The molecule has 2 aromatic rings. The lowest BCUT2D eigenvalue weighted by atomic mass is 10.2. The second-order valence-corrected chi connectivity index (χ2v) is 2.94. The third-order valence-corrected chi connectivity index (χ3v) is 2.07. The van der Waals surface area contributed by atoms with Gasteiger partial charge in [-0.15, -0.1) is 0 Å². The summed E-state index contributed by atoms with van der Waals surface area (Å²) in [6.45, 7) is 0. The van der Waals surface area contributed by atoms with Crippen molar-refractivity contribution in [2.45, 2.75) is 0 Å². The minimum atomic E-state index is 0.167. The van der Waals surface area contributed by atoms with Gasteiger partial charge in [-0.2, -0.15) is 0 Å². The molecule has 0 amide bonds. The van der Waals surface area contributed by atoms with Crippen molar-refractivity contribution in [3.05, 3.63) is 28.9 Å². The molecular formula is C8H5BrO2. The third-order valence-electron chi connectivity index (χ3n) is 1.53. The van der Waals surface area contributed by atoms with Crippen LogP contribution >= 0.6 is 15.9 Å². The minimum Gasteiger partial charge on any atom is -0.503 e. The Hall–Kier alpha value is -0.960. The Labute approximate surface area is 71.6 Å². The third kappa shape index (κ3) is 0.922. The van der Waals surface area contributed by atoms with Gasteiger partial charge in [-0.05, 0) is 28.1 Å². The van der Waals surface area contributed by atoms with Crippen molar-refractivity contribution in [3.63, 3.8) is 0 Å². The van der Waals surface area contributed by atoms with Crippen LogP contribution in [-0.2, 0) is 0 Å². The molecular weight excluding hydrogens is 208 g/mol. The van der Waals surface area contributed by atoms with Crippen LogP contribution in [0, 0.1) is 0 Å². The molecule has 3 heteroatoms. The molecule has 0 atom stereocenters. The number of furan rings is 1. The normalized spacial score (nSPS) is 10.6. The predicted octanol–water partition coefficient (Wildman–Crippen LogP) is 2.90. The van der Waals surface area contributed by atoms with E-state index in [0.717, 1.165) is 5.39 Å². The molecule has 11 heavy (non-hydrogen) atoms. The fourth-order valence-electron chi connectivity index (χ4n) is 1.00. The molecule has 1 N–H and O–H groups in total. The summed E-state index contributed by atoms with van der Waals surface area (Å²) < 4.78 is 5.55. The van der Waals surface area contributed by atoms with Gasteiger partial charge < -0.3 is 9.52 Å². The molecule has 2 nitrogen and oxygen atoms in total. The molecule has 0 aliphatic rings. The smallest absolute Gasteiger partial charge is 0.212 e. The van der Waals surface area contributed by atoms with Crippen LogP contribution < -0.4 is 0 Å². The number of hydrogen-bond acceptors (Lipinski definition) is 2. The maximum atomic E-state index is 9.36.